The fourth-order valence-electron chi connectivity index (χ4n) is 2.76. The van der Waals surface area contributed by atoms with Crippen LogP contribution in [0.5, 0.6) is 0 Å². The summed E-state index contributed by atoms with van der Waals surface area (Å²) in [7, 11) is 1.71. The van der Waals surface area contributed by atoms with Gasteiger partial charge in [0.25, 0.3) is 0 Å². The van der Waals surface area contributed by atoms with E-state index in [1.807, 2.05) is 0 Å². The topological polar surface area (TPSA) is 41.1 Å². The molecule has 1 aromatic carbocycles. The van der Waals surface area contributed by atoms with E-state index in [1.54, 1.807) is 18.2 Å². The molecule has 0 radical (unpaired) electrons. The Morgan fingerprint density at radius 1 is 1.16 bits per heavy atom. The molecule has 2 N–H and O–H groups in total. The van der Waals surface area contributed by atoms with Gasteiger partial charge in [-0.1, -0.05) is 18.2 Å². The monoisotopic (exact) mass is 260 g/mol. The van der Waals surface area contributed by atoms with Crippen LogP contribution >= 0.6 is 0 Å². The minimum Gasteiger partial charge on any atom is -0.292 e. The van der Waals surface area contributed by atoms with Crippen molar-refractivity contribution in [3.8, 4) is 0 Å². The molecule has 0 saturated carbocycles. The van der Waals surface area contributed by atoms with Gasteiger partial charge in [-0.05, 0) is 61.6 Å². The summed E-state index contributed by atoms with van der Waals surface area (Å²) in [6, 6.07) is 6.94. The molecule has 0 aromatic heterocycles. The predicted molar refractivity (Wildman–Crippen MR) is 77.8 cm³/mol. The second-order valence-corrected chi connectivity index (χ2v) is 5.32. The molecule has 1 amide bonds. The van der Waals surface area contributed by atoms with E-state index in [0.717, 1.165) is 19.3 Å². The number of fused-ring (bicyclic) bond motifs is 1. The van der Waals surface area contributed by atoms with Gasteiger partial charge in [0.15, 0.2) is 0 Å². The van der Waals surface area contributed by atoms with Gasteiger partial charge in [-0.25, -0.2) is 5.43 Å². The summed E-state index contributed by atoms with van der Waals surface area (Å²) in [5.74, 6) is 0.0768. The first-order valence-electron chi connectivity index (χ1n) is 7.36. The van der Waals surface area contributed by atoms with Gasteiger partial charge in [-0.15, -0.1) is 0 Å². The highest BCUT2D eigenvalue weighted by atomic mass is 16.2. The number of hydrazine groups is 1. The van der Waals surface area contributed by atoms with Crippen LogP contribution in [0.1, 0.15) is 48.8 Å². The maximum absolute atomic E-state index is 11.3. The first kappa shape index (κ1) is 14.1. The van der Waals surface area contributed by atoms with E-state index in [2.05, 4.69) is 29.1 Å². The number of hydrogen-bond acceptors (Lipinski definition) is 2. The molecule has 0 aliphatic heterocycles. The molecule has 104 valence electrons. The molecule has 1 aromatic rings. The third kappa shape index (κ3) is 4.35. The molecule has 0 saturated heterocycles. The van der Waals surface area contributed by atoms with Crippen molar-refractivity contribution in [2.45, 2.75) is 51.4 Å². The second-order valence-electron chi connectivity index (χ2n) is 5.32. The first-order chi connectivity index (χ1) is 9.29. The van der Waals surface area contributed by atoms with Crippen molar-refractivity contribution in [3.63, 3.8) is 0 Å². The van der Waals surface area contributed by atoms with E-state index in [0.29, 0.717) is 6.42 Å². The molecule has 0 heterocycles. The highest BCUT2D eigenvalue weighted by Crippen LogP contribution is 2.22. The zero-order chi connectivity index (χ0) is 13.5. The Bertz CT molecular complexity index is 429. The van der Waals surface area contributed by atoms with Crippen molar-refractivity contribution < 1.29 is 4.79 Å². The summed E-state index contributed by atoms with van der Waals surface area (Å²) in [5.41, 5.74) is 9.78. The van der Waals surface area contributed by atoms with Gasteiger partial charge in [-0.3, -0.25) is 10.2 Å². The first-order valence-corrected chi connectivity index (χ1v) is 7.36. The fraction of sp³-hybridized carbons (Fsp3) is 0.562. The van der Waals surface area contributed by atoms with Gasteiger partial charge >= 0.3 is 0 Å². The standard InChI is InChI=1S/C16H24N2O/c1-17-18-16(19)9-5-2-6-13-10-11-14-7-3-4-8-15(14)12-13/h10-12,17H,2-9H2,1H3,(H,18,19). The van der Waals surface area contributed by atoms with Crippen LogP contribution in [0.3, 0.4) is 0 Å². The van der Waals surface area contributed by atoms with Gasteiger partial charge in [0.1, 0.15) is 0 Å². The van der Waals surface area contributed by atoms with Crippen LogP contribution in [0.25, 0.3) is 0 Å². The molecule has 1 aliphatic rings. The molecule has 0 unspecified atom stereocenters. The predicted octanol–water partition coefficient (Wildman–Crippen LogP) is 2.53. The Hall–Kier alpha value is -1.35. The molecule has 2 rings (SSSR count). The zero-order valence-corrected chi connectivity index (χ0v) is 11.8. The third-order valence-electron chi connectivity index (χ3n) is 3.80. The molecule has 0 bridgehead atoms. The van der Waals surface area contributed by atoms with E-state index in [9.17, 15) is 4.79 Å². The quantitative estimate of drug-likeness (QED) is 0.609. The summed E-state index contributed by atoms with van der Waals surface area (Å²) in [6.07, 6.45) is 8.88. The van der Waals surface area contributed by atoms with Gasteiger partial charge in [-0.2, -0.15) is 0 Å². The molecule has 1 aliphatic carbocycles. The largest absolute Gasteiger partial charge is 0.292 e. The minimum absolute atomic E-state index is 0.0768. The highest BCUT2D eigenvalue weighted by Gasteiger charge is 2.09. The van der Waals surface area contributed by atoms with Crippen LogP contribution in [0.4, 0.5) is 0 Å². The summed E-state index contributed by atoms with van der Waals surface area (Å²) >= 11 is 0. The van der Waals surface area contributed by atoms with Crippen LogP contribution < -0.4 is 10.9 Å². The summed E-state index contributed by atoms with van der Waals surface area (Å²) in [4.78, 5) is 11.3. The number of aryl methyl sites for hydroxylation is 3. The molecular formula is C16H24N2O. The van der Waals surface area contributed by atoms with Crippen LogP contribution in [0.15, 0.2) is 18.2 Å². The van der Waals surface area contributed by atoms with Crippen LogP contribution in [-0.4, -0.2) is 13.0 Å². The number of benzene rings is 1. The van der Waals surface area contributed by atoms with E-state index < -0.39 is 0 Å². The average Bonchev–Trinajstić information content (AvgIpc) is 2.44. The Morgan fingerprint density at radius 3 is 2.74 bits per heavy atom. The second kappa shape index (κ2) is 7.29. The fourth-order valence-corrected chi connectivity index (χ4v) is 2.76. The molecule has 3 nitrogen and oxygen atoms in total. The van der Waals surface area contributed by atoms with Crippen LogP contribution in [0, 0.1) is 0 Å². The number of unbranched alkanes of at least 4 members (excludes halogenated alkanes) is 1. The smallest absolute Gasteiger partial charge is 0.234 e. The lowest BCUT2D eigenvalue weighted by Crippen LogP contribution is -2.33. The Kier molecular flexibility index (Phi) is 5.40. The number of hydrogen-bond donors (Lipinski definition) is 2. The highest BCUT2D eigenvalue weighted by molar-refractivity contribution is 5.75. The molecule has 0 atom stereocenters. The molecular weight excluding hydrogens is 236 g/mol. The van der Waals surface area contributed by atoms with E-state index in [4.69, 9.17) is 0 Å². The lowest BCUT2D eigenvalue weighted by molar-refractivity contribution is -0.122. The maximum atomic E-state index is 11.3. The normalized spacial score (nSPS) is 13.9. The molecule has 0 fully saturated rings. The lowest BCUT2D eigenvalue weighted by atomic mass is 9.89. The Morgan fingerprint density at radius 2 is 1.95 bits per heavy atom. The van der Waals surface area contributed by atoms with Gasteiger partial charge in [0.2, 0.25) is 5.91 Å². The average molecular weight is 260 g/mol. The van der Waals surface area contributed by atoms with Crippen LogP contribution in [-0.2, 0) is 24.1 Å². The lowest BCUT2D eigenvalue weighted by Gasteiger charge is -2.16. The maximum Gasteiger partial charge on any atom is 0.234 e. The van der Waals surface area contributed by atoms with Crippen molar-refractivity contribution in [1.82, 2.24) is 10.9 Å². The zero-order valence-electron chi connectivity index (χ0n) is 11.8. The third-order valence-corrected chi connectivity index (χ3v) is 3.80. The summed E-state index contributed by atoms with van der Waals surface area (Å²) in [5, 5.41) is 0. The van der Waals surface area contributed by atoms with Crippen molar-refractivity contribution in [2.24, 2.45) is 0 Å². The number of carbonyl (C=O) groups excluding carboxylic acids is 1. The molecule has 19 heavy (non-hydrogen) atoms. The minimum atomic E-state index is 0.0768. The van der Waals surface area contributed by atoms with E-state index in [-0.39, 0.29) is 5.91 Å². The number of carbonyl (C=O) groups is 1. The van der Waals surface area contributed by atoms with Crippen molar-refractivity contribution in [1.29, 1.82) is 0 Å². The van der Waals surface area contributed by atoms with Gasteiger partial charge in [0.05, 0.1) is 0 Å². The number of rotatable bonds is 6. The Balaban J connectivity index is 1.75. The van der Waals surface area contributed by atoms with E-state index >= 15 is 0 Å². The van der Waals surface area contributed by atoms with Crippen molar-refractivity contribution >= 4 is 5.91 Å². The van der Waals surface area contributed by atoms with Gasteiger partial charge < -0.3 is 0 Å². The van der Waals surface area contributed by atoms with E-state index in [1.165, 1.54) is 31.2 Å². The number of nitrogens with one attached hydrogen (secondary N) is 2. The molecule has 0 spiro atoms. The van der Waals surface area contributed by atoms with Crippen LogP contribution in [0.2, 0.25) is 0 Å². The summed E-state index contributed by atoms with van der Waals surface area (Å²) in [6.45, 7) is 0. The van der Waals surface area contributed by atoms with Gasteiger partial charge in [0, 0.05) is 13.5 Å². The van der Waals surface area contributed by atoms with Crippen molar-refractivity contribution in [3.05, 3.63) is 34.9 Å². The molecule has 3 heteroatoms. The Labute approximate surface area is 115 Å². The van der Waals surface area contributed by atoms with Crippen molar-refractivity contribution in [2.75, 3.05) is 7.05 Å². The summed E-state index contributed by atoms with van der Waals surface area (Å²) < 4.78 is 0. The number of amides is 1. The SMILES string of the molecule is CNNC(=O)CCCCc1ccc2c(c1)CCCC2.